The number of alkyl halides is 3. The lowest BCUT2D eigenvalue weighted by Gasteiger charge is -2.22. The van der Waals surface area contributed by atoms with E-state index in [1.165, 1.54) is 5.01 Å². The van der Waals surface area contributed by atoms with Gasteiger partial charge in [0.25, 0.3) is 5.91 Å². The molecule has 0 aliphatic carbocycles. The first-order valence-electron chi connectivity index (χ1n) is 10.7. The highest BCUT2D eigenvalue weighted by Crippen LogP contribution is 2.34. The van der Waals surface area contributed by atoms with Crippen LogP contribution in [0.25, 0.3) is 0 Å². The van der Waals surface area contributed by atoms with Crippen molar-refractivity contribution in [1.29, 1.82) is 0 Å². The molecule has 0 N–H and O–H groups in total. The van der Waals surface area contributed by atoms with Gasteiger partial charge in [-0.15, -0.1) is 0 Å². The van der Waals surface area contributed by atoms with Crippen LogP contribution in [0.4, 0.5) is 13.2 Å². The lowest BCUT2D eigenvalue weighted by atomic mass is 9.98. The predicted octanol–water partition coefficient (Wildman–Crippen LogP) is 5.25. The minimum Gasteiger partial charge on any atom is -0.497 e. The number of nitrogens with zero attached hydrogens (tertiary/aromatic N) is 2. The summed E-state index contributed by atoms with van der Waals surface area (Å²) < 4.78 is 48.5. The third-order valence-electron chi connectivity index (χ3n) is 5.55. The number of carbonyl (C=O) groups is 2. The average Bonchev–Trinajstić information content (AvgIpc) is 3.33. The van der Waals surface area contributed by atoms with Crippen molar-refractivity contribution in [2.45, 2.75) is 18.6 Å². The second kappa shape index (κ2) is 10.0. The second-order valence-electron chi connectivity index (χ2n) is 7.80. The Morgan fingerprint density at radius 3 is 2.23 bits per heavy atom. The molecule has 0 spiro atoms. The second-order valence-corrected chi connectivity index (χ2v) is 7.80. The molecule has 1 aliphatic heterocycles. The Bertz CT molecular complexity index is 1220. The van der Waals surface area contributed by atoms with Gasteiger partial charge in [0, 0.05) is 6.42 Å². The lowest BCUT2D eigenvalue weighted by Crippen LogP contribution is -2.31. The van der Waals surface area contributed by atoms with Crippen LogP contribution < -0.4 is 4.74 Å². The SMILES string of the molecule is COc1ccc([C@@H]2CC(c3ccccc3)=NN2C(=O)COC(=O)c2ccc(C(F)(F)F)cc2)cc1. The van der Waals surface area contributed by atoms with Gasteiger partial charge in [-0.25, -0.2) is 9.80 Å². The van der Waals surface area contributed by atoms with Gasteiger partial charge >= 0.3 is 12.1 Å². The highest BCUT2D eigenvalue weighted by Gasteiger charge is 2.34. The molecule has 0 fully saturated rings. The third kappa shape index (κ3) is 5.51. The van der Waals surface area contributed by atoms with E-state index in [1.807, 2.05) is 42.5 Å². The van der Waals surface area contributed by atoms with E-state index in [4.69, 9.17) is 9.47 Å². The number of carbonyl (C=O) groups excluding carboxylic acids is 2. The molecule has 9 heteroatoms. The van der Waals surface area contributed by atoms with E-state index in [2.05, 4.69) is 5.10 Å². The molecule has 4 rings (SSSR count). The van der Waals surface area contributed by atoms with Crippen molar-refractivity contribution < 1.29 is 32.2 Å². The van der Waals surface area contributed by atoms with Gasteiger partial charge in [0.1, 0.15) is 5.75 Å². The monoisotopic (exact) mass is 482 g/mol. The van der Waals surface area contributed by atoms with Crippen molar-refractivity contribution in [2.75, 3.05) is 13.7 Å². The zero-order valence-electron chi connectivity index (χ0n) is 18.7. The minimum absolute atomic E-state index is 0.0904. The highest BCUT2D eigenvalue weighted by molar-refractivity contribution is 6.03. The number of hydrazone groups is 1. The van der Waals surface area contributed by atoms with Crippen LogP contribution in [0.1, 0.15) is 39.5 Å². The quantitative estimate of drug-likeness (QED) is 0.450. The van der Waals surface area contributed by atoms with Crippen molar-refractivity contribution in [1.82, 2.24) is 5.01 Å². The average molecular weight is 482 g/mol. The number of halogens is 3. The van der Waals surface area contributed by atoms with Crippen LogP contribution in [0, 0.1) is 0 Å². The van der Waals surface area contributed by atoms with Crippen molar-refractivity contribution >= 4 is 17.6 Å². The molecule has 0 unspecified atom stereocenters. The summed E-state index contributed by atoms with van der Waals surface area (Å²) >= 11 is 0. The molecule has 0 bridgehead atoms. The summed E-state index contributed by atoms with van der Waals surface area (Å²) in [6.45, 7) is -0.613. The van der Waals surface area contributed by atoms with Crippen molar-refractivity contribution in [2.24, 2.45) is 5.10 Å². The Morgan fingerprint density at radius 2 is 1.63 bits per heavy atom. The van der Waals surface area contributed by atoms with E-state index in [1.54, 1.807) is 19.2 Å². The van der Waals surface area contributed by atoms with Crippen LogP contribution in [-0.4, -0.2) is 36.3 Å². The Balaban J connectivity index is 1.50. The van der Waals surface area contributed by atoms with Gasteiger partial charge in [-0.3, -0.25) is 4.79 Å². The molecule has 6 nitrogen and oxygen atoms in total. The Kier molecular flexibility index (Phi) is 6.86. The first-order chi connectivity index (χ1) is 16.8. The summed E-state index contributed by atoms with van der Waals surface area (Å²) in [6.07, 6.45) is -4.06. The first kappa shape index (κ1) is 24.0. The molecule has 0 saturated heterocycles. The maximum atomic E-state index is 13.0. The van der Waals surface area contributed by atoms with E-state index in [-0.39, 0.29) is 5.56 Å². The topological polar surface area (TPSA) is 68.2 Å². The smallest absolute Gasteiger partial charge is 0.416 e. The van der Waals surface area contributed by atoms with Gasteiger partial charge in [0.15, 0.2) is 6.61 Å². The van der Waals surface area contributed by atoms with Gasteiger partial charge in [-0.05, 0) is 47.5 Å². The number of amides is 1. The van der Waals surface area contributed by atoms with Crippen LogP contribution in [0.15, 0.2) is 84.0 Å². The largest absolute Gasteiger partial charge is 0.497 e. The van der Waals surface area contributed by atoms with Crippen LogP contribution in [0.5, 0.6) is 5.75 Å². The Labute approximate surface area is 199 Å². The highest BCUT2D eigenvalue weighted by atomic mass is 19.4. The molecule has 1 aliphatic rings. The number of benzene rings is 3. The molecule has 0 aromatic heterocycles. The molecule has 1 amide bonds. The molecule has 0 saturated carbocycles. The molecule has 1 atom stereocenters. The molecule has 3 aromatic carbocycles. The van der Waals surface area contributed by atoms with E-state index in [9.17, 15) is 22.8 Å². The number of methoxy groups -OCH3 is 1. The van der Waals surface area contributed by atoms with Crippen LogP contribution in [0.2, 0.25) is 0 Å². The summed E-state index contributed by atoms with van der Waals surface area (Å²) in [6, 6.07) is 19.8. The van der Waals surface area contributed by atoms with Gasteiger partial charge in [-0.1, -0.05) is 42.5 Å². The zero-order chi connectivity index (χ0) is 25.0. The van der Waals surface area contributed by atoms with Crippen molar-refractivity contribution in [3.05, 3.63) is 101 Å². The summed E-state index contributed by atoms with van der Waals surface area (Å²) in [7, 11) is 1.56. The number of ether oxygens (including phenoxy) is 2. The molecule has 35 heavy (non-hydrogen) atoms. The van der Waals surface area contributed by atoms with E-state index in [0.29, 0.717) is 17.9 Å². The predicted molar refractivity (Wildman–Crippen MR) is 122 cm³/mol. The molecule has 3 aromatic rings. The van der Waals surface area contributed by atoms with E-state index >= 15 is 0 Å². The minimum atomic E-state index is -4.51. The number of rotatable bonds is 6. The molecular formula is C26H21F3N2O4. The summed E-state index contributed by atoms with van der Waals surface area (Å²) in [5.41, 5.74) is 1.42. The normalized spacial score (nSPS) is 15.5. The van der Waals surface area contributed by atoms with Gasteiger partial charge in [0.2, 0.25) is 0 Å². The summed E-state index contributed by atoms with van der Waals surface area (Å²) in [5.74, 6) is -0.796. The fourth-order valence-electron chi connectivity index (χ4n) is 3.70. The van der Waals surface area contributed by atoms with Crippen LogP contribution in [0.3, 0.4) is 0 Å². The van der Waals surface area contributed by atoms with Gasteiger partial charge in [-0.2, -0.15) is 18.3 Å². The molecular weight excluding hydrogens is 461 g/mol. The van der Waals surface area contributed by atoms with Gasteiger partial charge in [0.05, 0.1) is 30.0 Å². The van der Waals surface area contributed by atoms with E-state index in [0.717, 1.165) is 35.4 Å². The molecule has 1 heterocycles. The standard InChI is InChI=1S/C26H21F3N2O4/c1-34-21-13-9-18(10-14-21)23-15-22(17-5-3-2-4-6-17)30-31(23)24(32)16-35-25(33)19-7-11-20(12-8-19)26(27,28)29/h2-14,23H,15-16H2,1H3/t23-/m0/s1. The van der Waals surface area contributed by atoms with Gasteiger partial charge < -0.3 is 9.47 Å². The third-order valence-corrected chi connectivity index (χ3v) is 5.55. The van der Waals surface area contributed by atoms with E-state index < -0.39 is 36.3 Å². The number of esters is 1. The fourth-order valence-corrected chi connectivity index (χ4v) is 3.70. The Morgan fingerprint density at radius 1 is 0.971 bits per heavy atom. The molecule has 180 valence electrons. The maximum Gasteiger partial charge on any atom is 0.416 e. The van der Waals surface area contributed by atoms with Crippen molar-refractivity contribution in [3.8, 4) is 5.75 Å². The van der Waals surface area contributed by atoms with Crippen molar-refractivity contribution in [3.63, 3.8) is 0 Å². The number of hydrogen-bond donors (Lipinski definition) is 0. The summed E-state index contributed by atoms with van der Waals surface area (Å²) in [5, 5.41) is 5.78. The summed E-state index contributed by atoms with van der Waals surface area (Å²) in [4.78, 5) is 25.3. The lowest BCUT2D eigenvalue weighted by molar-refractivity contribution is -0.137. The van der Waals surface area contributed by atoms with Crippen LogP contribution in [-0.2, 0) is 15.7 Å². The first-order valence-corrected chi connectivity index (χ1v) is 10.7. The van der Waals surface area contributed by atoms with Crippen LogP contribution >= 0.6 is 0 Å². The zero-order valence-corrected chi connectivity index (χ0v) is 18.7. The molecule has 0 radical (unpaired) electrons. The Hall–Kier alpha value is -4.14. The fraction of sp³-hybridized carbons (Fsp3) is 0.192. The number of hydrogen-bond acceptors (Lipinski definition) is 5. The maximum absolute atomic E-state index is 13.0.